The highest BCUT2D eigenvalue weighted by Crippen LogP contribution is 2.07. The van der Waals surface area contributed by atoms with Gasteiger partial charge in [0, 0.05) is 21.9 Å². The topological polar surface area (TPSA) is 22.1 Å². The Kier molecular flexibility index (Phi) is 4.94. The molecule has 3 heteroatoms. The molecular formula is C14H14INO. The van der Waals surface area contributed by atoms with E-state index in [1.807, 2.05) is 24.4 Å². The first-order chi connectivity index (χ1) is 8.34. The summed E-state index contributed by atoms with van der Waals surface area (Å²) in [5.41, 5.74) is 2.29. The van der Waals surface area contributed by atoms with Gasteiger partial charge in [-0.25, -0.2) is 0 Å². The fourth-order valence-corrected chi connectivity index (χ4v) is 1.85. The summed E-state index contributed by atoms with van der Waals surface area (Å²) in [6.07, 6.45) is 2.68. The average Bonchev–Trinajstić information content (AvgIpc) is 2.38. The molecule has 88 valence electrons. The van der Waals surface area contributed by atoms with Gasteiger partial charge in [0.2, 0.25) is 0 Å². The molecule has 0 N–H and O–H groups in total. The minimum atomic E-state index is 0.670. The molecular weight excluding hydrogens is 325 g/mol. The summed E-state index contributed by atoms with van der Waals surface area (Å²) >= 11 is 2.30. The SMILES string of the molecule is Ic1ccc(COCCc2ccccn2)cc1. The summed E-state index contributed by atoms with van der Waals surface area (Å²) < 4.78 is 6.87. The lowest BCUT2D eigenvalue weighted by Crippen LogP contribution is -2.00. The van der Waals surface area contributed by atoms with E-state index in [2.05, 4.69) is 51.8 Å². The molecule has 0 aliphatic rings. The quantitative estimate of drug-likeness (QED) is 0.615. The monoisotopic (exact) mass is 339 g/mol. The number of pyridine rings is 1. The van der Waals surface area contributed by atoms with Crippen molar-refractivity contribution in [3.05, 3.63) is 63.5 Å². The van der Waals surface area contributed by atoms with Crippen LogP contribution >= 0.6 is 22.6 Å². The number of nitrogens with zero attached hydrogens (tertiary/aromatic N) is 1. The standard InChI is InChI=1S/C14H14INO/c15-13-6-4-12(5-7-13)11-17-10-8-14-3-1-2-9-16-14/h1-7,9H,8,10-11H2. The van der Waals surface area contributed by atoms with Gasteiger partial charge in [0.25, 0.3) is 0 Å². The number of halogens is 1. The fraction of sp³-hybridized carbons (Fsp3) is 0.214. The van der Waals surface area contributed by atoms with Crippen molar-refractivity contribution in [2.24, 2.45) is 0 Å². The predicted octanol–water partition coefficient (Wildman–Crippen LogP) is 3.45. The number of benzene rings is 1. The van der Waals surface area contributed by atoms with Crippen LogP contribution in [0.5, 0.6) is 0 Å². The summed E-state index contributed by atoms with van der Waals surface area (Å²) in [6, 6.07) is 14.3. The van der Waals surface area contributed by atoms with E-state index in [9.17, 15) is 0 Å². The third-order valence-corrected chi connectivity index (χ3v) is 3.13. The maximum atomic E-state index is 5.62. The summed E-state index contributed by atoms with van der Waals surface area (Å²) in [5.74, 6) is 0. The van der Waals surface area contributed by atoms with E-state index >= 15 is 0 Å². The molecule has 0 spiro atoms. The van der Waals surface area contributed by atoms with Crippen molar-refractivity contribution < 1.29 is 4.74 Å². The van der Waals surface area contributed by atoms with Crippen LogP contribution in [-0.2, 0) is 17.8 Å². The lowest BCUT2D eigenvalue weighted by atomic mass is 10.2. The van der Waals surface area contributed by atoms with E-state index in [1.54, 1.807) is 0 Å². The van der Waals surface area contributed by atoms with Crippen LogP contribution in [0.15, 0.2) is 48.7 Å². The minimum Gasteiger partial charge on any atom is -0.376 e. The first-order valence-corrected chi connectivity index (χ1v) is 6.64. The number of hydrogen-bond donors (Lipinski definition) is 0. The summed E-state index contributed by atoms with van der Waals surface area (Å²) in [5, 5.41) is 0. The molecule has 0 radical (unpaired) electrons. The lowest BCUT2D eigenvalue weighted by molar-refractivity contribution is 0.123. The third kappa shape index (κ3) is 4.44. The molecule has 0 saturated carbocycles. The second kappa shape index (κ2) is 6.71. The normalized spacial score (nSPS) is 10.4. The Hall–Kier alpha value is -0.940. The smallest absolute Gasteiger partial charge is 0.0717 e. The summed E-state index contributed by atoms with van der Waals surface area (Å²) in [4.78, 5) is 4.25. The van der Waals surface area contributed by atoms with Gasteiger partial charge in [0.15, 0.2) is 0 Å². The molecule has 0 fully saturated rings. The van der Waals surface area contributed by atoms with Crippen molar-refractivity contribution in [3.8, 4) is 0 Å². The summed E-state index contributed by atoms with van der Waals surface area (Å²) in [7, 11) is 0. The zero-order valence-corrected chi connectivity index (χ0v) is 11.6. The molecule has 0 aliphatic heterocycles. The van der Waals surface area contributed by atoms with Crippen molar-refractivity contribution in [1.29, 1.82) is 0 Å². The van der Waals surface area contributed by atoms with Crippen molar-refractivity contribution in [1.82, 2.24) is 4.98 Å². The first-order valence-electron chi connectivity index (χ1n) is 5.57. The van der Waals surface area contributed by atoms with Crippen LogP contribution in [0, 0.1) is 3.57 Å². The molecule has 1 heterocycles. The number of rotatable bonds is 5. The summed E-state index contributed by atoms with van der Waals surface area (Å²) in [6.45, 7) is 1.38. The van der Waals surface area contributed by atoms with Gasteiger partial charge in [-0.15, -0.1) is 0 Å². The Morgan fingerprint density at radius 2 is 1.88 bits per heavy atom. The lowest BCUT2D eigenvalue weighted by Gasteiger charge is -2.04. The van der Waals surface area contributed by atoms with Crippen LogP contribution < -0.4 is 0 Å². The average molecular weight is 339 g/mol. The molecule has 0 amide bonds. The Morgan fingerprint density at radius 3 is 2.59 bits per heavy atom. The van der Waals surface area contributed by atoms with Crippen LogP contribution in [0.2, 0.25) is 0 Å². The van der Waals surface area contributed by atoms with Crippen molar-refractivity contribution in [2.45, 2.75) is 13.0 Å². The van der Waals surface area contributed by atoms with Crippen molar-refractivity contribution in [2.75, 3.05) is 6.61 Å². The second-order valence-electron chi connectivity index (χ2n) is 3.75. The van der Waals surface area contributed by atoms with Crippen LogP contribution in [-0.4, -0.2) is 11.6 Å². The molecule has 0 aliphatic carbocycles. The van der Waals surface area contributed by atoms with Gasteiger partial charge < -0.3 is 4.74 Å². The van der Waals surface area contributed by atoms with Crippen molar-refractivity contribution in [3.63, 3.8) is 0 Å². The van der Waals surface area contributed by atoms with Gasteiger partial charge in [-0.3, -0.25) is 4.98 Å². The molecule has 2 rings (SSSR count). The van der Waals surface area contributed by atoms with E-state index in [0.29, 0.717) is 13.2 Å². The van der Waals surface area contributed by atoms with Crippen molar-refractivity contribution >= 4 is 22.6 Å². The highest BCUT2D eigenvalue weighted by Gasteiger charge is 1.95. The highest BCUT2D eigenvalue weighted by atomic mass is 127. The first kappa shape index (κ1) is 12.5. The molecule has 0 unspecified atom stereocenters. The molecule has 1 aromatic heterocycles. The number of aromatic nitrogens is 1. The van der Waals surface area contributed by atoms with Crippen LogP contribution in [0.25, 0.3) is 0 Å². The Balaban J connectivity index is 1.71. The maximum Gasteiger partial charge on any atom is 0.0717 e. The molecule has 0 atom stereocenters. The van der Waals surface area contributed by atoms with Crippen LogP contribution in [0.3, 0.4) is 0 Å². The fourth-order valence-electron chi connectivity index (χ4n) is 1.49. The molecule has 0 saturated heterocycles. The Morgan fingerprint density at radius 1 is 1.06 bits per heavy atom. The molecule has 0 bridgehead atoms. The third-order valence-electron chi connectivity index (χ3n) is 2.41. The Labute approximate surface area is 115 Å². The van der Waals surface area contributed by atoms with E-state index < -0.39 is 0 Å². The van der Waals surface area contributed by atoms with Gasteiger partial charge >= 0.3 is 0 Å². The van der Waals surface area contributed by atoms with Crippen LogP contribution in [0.1, 0.15) is 11.3 Å². The number of ether oxygens (including phenoxy) is 1. The van der Waals surface area contributed by atoms with E-state index in [1.165, 1.54) is 9.13 Å². The molecule has 2 nitrogen and oxygen atoms in total. The predicted molar refractivity (Wildman–Crippen MR) is 76.8 cm³/mol. The minimum absolute atomic E-state index is 0.670. The van der Waals surface area contributed by atoms with Gasteiger partial charge in [0.1, 0.15) is 0 Å². The number of hydrogen-bond acceptors (Lipinski definition) is 2. The van der Waals surface area contributed by atoms with E-state index in [4.69, 9.17) is 4.74 Å². The molecule has 1 aromatic carbocycles. The highest BCUT2D eigenvalue weighted by molar-refractivity contribution is 14.1. The second-order valence-corrected chi connectivity index (χ2v) is 5.00. The zero-order valence-electron chi connectivity index (χ0n) is 9.47. The van der Waals surface area contributed by atoms with Gasteiger partial charge in [-0.05, 0) is 52.4 Å². The molecule has 2 aromatic rings. The van der Waals surface area contributed by atoms with Gasteiger partial charge in [-0.1, -0.05) is 18.2 Å². The van der Waals surface area contributed by atoms with Gasteiger partial charge in [0.05, 0.1) is 13.2 Å². The van der Waals surface area contributed by atoms with Crippen LogP contribution in [0.4, 0.5) is 0 Å². The van der Waals surface area contributed by atoms with E-state index in [-0.39, 0.29) is 0 Å². The maximum absolute atomic E-state index is 5.62. The Bertz CT molecular complexity index is 442. The molecule has 17 heavy (non-hydrogen) atoms. The van der Waals surface area contributed by atoms with E-state index in [0.717, 1.165) is 12.1 Å². The zero-order chi connectivity index (χ0) is 11.9. The largest absolute Gasteiger partial charge is 0.376 e. The van der Waals surface area contributed by atoms with Gasteiger partial charge in [-0.2, -0.15) is 0 Å².